The molecule has 0 amide bonds. The van der Waals surface area contributed by atoms with E-state index < -0.39 is 0 Å². The second-order valence-corrected chi connectivity index (χ2v) is 3.17. The topological polar surface area (TPSA) is 66.9 Å². The SMILES string of the molecule is Cc1c(N)cc(C(=O)CCl)cc1C#N. The van der Waals surface area contributed by atoms with Crippen LogP contribution < -0.4 is 5.73 Å². The first kappa shape index (κ1) is 10.6. The van der Waals surface area contributed by atoms with E-state index >= 15 is 0 Å². The van der Waals surface area contributed by atoms with Crippen molar-refractivity contribution in [3.8, 4) is 6.07 Å². The highest BCUT2D eigenvalue weighted by atomic mass is 35.5. The summed E-state index contributed by atoms with van der Waals surface area (Å²) in [5.41, 5.74) is 7.58. The molecule has 4 heteroatoms. The molecule has 72 valence electrons. The lowest BCUT2D eigenvalue weighted by Gasteiger charge is -2.05. The fraction of sp³-hybridized carbons (Fsp3) is 0.200. The first-order valence-corrected chi connectivity index (χ1v) is 4.53. The Labute approximate surface area is 87.1 Å². The summed E-state index contributed by atoms with van der Waals surface area (Å²) >= 11 is 5.40. The molecule has 0 bridgehead atoms. The van der Waals surface area contributed by atoms with Crippen LogP contribution in [-0.2, 0) is 0 Å². The van der Waals surface area contributed by atoms with Gasteiger partial charge in [-0.3, -0.25) is 4.79 Å². The van der Waals surface area contributed by atoms with Crippen LogP contribution in [0.3, 0.4) is 0 Å². The number of ketones is 1. The first-order chi connectivity index (χ1) is 6.60. The smallest absolute Gasteiger partial charge is 0.177 e. The molecule has 0 fully saturated rings. The van der Waals surface area contributed by atoms with Gasteiger partial charge in [0.1, 0.15) is 0 Å². The van der Waals surface area contributed by atoms with Crippen LogP contribution in [-0.4, -0.2) is 11.7 Å². The van der Waals surface area contributed by atoms with Crippen LogP contribution in [0.25, 0.3) is 0 Å². The molecule has 0 aliphatic heterocycles. The number of anilines is 1. The summed E-state index contributed by atoms with van der Waals surface area (Å²) < 4.78 is 0. The standard InChI is InChI=1S/C10H9ClN2O/c1-6-8(5-12)2-7(3-9(6)13)10(14)4-11/h2-3H,4,13H2,1H3. The number of alkyl halides is 1. The van der Waals surface area contributed by atoms with E-state index in [-0.39, 0.29) is 11.7 Å². The van der Waals surface area contributed by atoms with Crippen LogP contribution in [0, 0.1) is 18.3 Å². The van der Waals surface area contributed by atoms with E-state index in [4.69, 9.17) is 22.6 Å². The molecule has 0 unspecified atom stereocenters. The predicted molar refractivity (Wildman–Crippen MR) is 55.4 cm³/mol. The van der Waals surface area contributed by atoms with Crippen molar-refractivity contribution in [1.82, 2.24) is 0 Å². The van der Waals surface area contributed by atoms with E-state index in [2.05, 4.69) is 0 Å². The highest BCUT2D eigenvalue weighted by Crippen LogP contribution is 2.18. The molecule has 1 aromatic carbocycles. The third-order valence-corrected chi connectivity index (χ3v) is 2.25. The van der Waals surface area contributed by atoms with Gasteiger partial charge in [0.25, 0.3) is 0 Å². The molecule has 0 atom stereocenters. The molecule has 1 rings (SSSR count). The van der Waals surface area contributed by atoms with E-state index in [9.17, 15) is 4.79 Å². The average Bonchev–Trinajstić information content (AvgIpc) is 2.20. The number of nitriles is 1. The number of Topliss-reactive ketones (excluding diaryl/α,β-unsaturated/α-hetero) is 1. The Hall–Kier alpha value is -1.53. The number of nitrogens with zero attached hydrogens (tertiary/aromatic N) is 1. The Morgan fingerprint density at radius 2 is 2.29 bits per heavy atom. The maximum Gasteiger partial charge on any atom is 0.177 e. The molecule has 14 heavy (non-hydrogen) atoms. The zero-order valence-corrected chi connectivity index (χ0v) is 8.43. The van der Waals surface area contributed by atoms with Crippen molar-refractivity contribution in [2.24, 2.45) is 0 Å². The number of hydrogen-bond acceptors (Lipinski definition) is 3. The van der Waals surface area contributed by atoms with Gasteiger partial charge >= 0.3 is 0 Å². The third kappa shape index (κ3) is 1.86. The number of carbonyl (C=O) groups excluding carboxylic acids is 1. The molecular weight excluding hydrogens is 200 g/mol. The van der Waals surface area contributed by atoms with Crippen LogP contribution in [0.4, 0.5) is 5.69 Å². The van der Waals surface area contributed by atoms with Gasteiger partial charge in [0, 0.05) is 11.3 Å². The zero-order valence-electron chi connectivity index (χ0n) is 7.67. The minimum Gasteiger partial charge on any atom is -0.398 e. The largest absolute Gasteiger partial charge is 0.398 e. The number of hydrogen-bond donors (Lipinski definition) is 1. The minimum absolute atomic E-state index is 0.104. The van der Waals surface area contributed by atoms with Crippen molar-refractivity contribution in [2.45, 2.75) is 6.92 Å². The van der Waals surface area contributed by atoms with Crippen molar-refractivity contribution in [3.05, 3.63) is 28.8 Å². The number of carbonyl (C=O) groups is 1. The van der Waals surface area contributed by atoms with Crippen LogP contribution in [0.5, 0.6) is 0 Å². The molecule has 0 aliphatic rings. The second kappa shape index (κ2) is 4.12. The molecule has 0 heterocycles. The van der Waals surface area contributed by atoms with E-state index in [0.29, 0.717) is 22.4 Å². The fourth-order valence-corrected chi connectivity index (χ4v) is 1.25. The highest BCUT2D eigenvalue weighted by molar-refractivity contribution is 6.30. The fourth-order valence-electron chi connectivity index (χ4n) is 1.09. The average molecular weight is 209 g/mol. The Bertz CT molecular complexity index is 421. The van der Waals surface area contributed by atoms with Crippen molar-refractivity contribution >= 4 is 23.1 Å². The van der Waals surface area contributed by atoms with Crippen molar-refractivity contribution in [3.63, 3.8) is 0 Å². The van der Waals surface area contributed by atoms with Crippen LogP contribution in [0.15, 0.2) is 12.1 Å². The van der Waals surface area contributed by atoms with Gasteiger partial charge in [0.15, 0.2) is 5.78 Å². The predicted octanol–water partition coefficient (Wildman–Crippen LogP) is 1.87. The summed E-state index contributed by atoms with van der Waals surface area (Å²) in [5.74, 6) is -0.331. The maximum atomic E-state index is 11.2. The molecule has 1 aromatic rings. The lowest BCUT2D eigenvalue weighted by molar-refractivity contribution is 0.102. The van der Waals surface area contributed by atoms with Gasteiger partial charge in [-0.05, 0) is 24.6 Å². The molecule has 0 aromatic heterocycles. The van der Waals surface area contributed by atoms with Gasteiger partial charge in [0.2, 0.25) is 0 Å². The normalized spacial score (nSPS) is 9.50. The van der Waals surface area contributed by atoms with E-state index in [1.807, 2.05) is 6.07 Å². The number of nitrogen functional groups attached to an aromatic ring is 1. The molecular formula is C10H9ClN2O. The molecule has 2 N–H and O–H groups in total. The molecule has 3 nitrogen and oxygen atoms in total. The Morgan fingerprint density at radius 1 is 1.64 bits per heavy atom. The summed E-state index contributed by atoms with van der Waals surface area (Å²) in [6.45, 7) is 1.74. The summed E-state index contributed by atoms with van der Waals surface area (Å²) in [4.78, 5) is 11.2. The molecule has 0 aliphatic carbocycles. The number of rotatable bonds is 2. The van der Waals surface area contributed by atoms with Crippen LogP contribution >= 0.6 is 11.6 Å². The third-order valence-electron chi connectivity index (χ3n) is 2.01. The lowest BCUT2D eigenvalue weighted by Crippen LogP contribution is -2.04. The van der Waals surface area contributed by atoms with E-state index in [1.165, 1.54) is 6.07 Å². The molecule has 0 spiro atoms. The summed E-state index contributed by atoms with van der Waals surface area (Å²) in [6, 6.07) is 5.03. The Balaban J connectivity index is 3.32. The van der Waals surface area contributed by atoms with Crippen LogP contribution in [0.2, 0.25) is 0 Å². The van der Waals surface area contributed by atoms with Crippen molar-refractivity contribution in [1.29, 1.82) is 5.26 Å². The maximum absolute atomic E-state index is 11.2. The monoisotopic (exact) mass is 208 g/mol. The molecule has 0 saturated heterocycles. The quantitative estimate of drug-likeness (QED) is 0.458. The van der Waals surface area contributed by atoms with Crippen molar-refractivity contribution in [2.75, 3.05) is 11.6 Å². The minimum atomic E-state index is -0.227. The van der Waals surface area contributed by atoms with Crippen LogP contribution in [0.1, 0.15) is 21.5 Å². The Kier molecular flexibility index (Phi) is 3.10. The molecule has 0 saturated carbocycles. The Morgan fingerprint density at radius 3 is 2.79 bits per heavy atom. The van der Waals surface area contributed by atoms with Gasteiger partial charge in [-0.25, -0.2) is 0 Å². The van der Waals surface area contributed by atoms with Gasteiger partial charge in [0.05, 0.1) is 17.5 Å². The van der Waals surface area contributed by atoms with E-state index in [1.54, 1.807) is 13.0 Å². The summed E-state index contributed by atoms with van der Waals surface area (Å²) in [5, 5.41) is 8.77. The van der Waals surface area contributed by atoms with Gasteiger partial charge in [-0.2, -0.15) is 5.26 Å². The summed E-state index contributed by atoms with van der Waals surface area (Å²) in [7, 11) is 0. The number of halogens is 1. The lowest BCUT2D eigenvalue weighted by atomic mass is 10.0. The molecule has 0 radical (unpaired) electrons. The van der Waals surface area contributed by atoms with Gasteiger partial charge in [-0.15, -0.1) is 11.6 Å². The second-order valence-electron chi connectivity index (χ2n) is 2.91. The zero-order chi connectivity index (χ0) is 10.7. The van der Waals surface area contributed by atoms with Gasteiger partial charge < -0.3 is 5.73 Å². The first-order valence-electron chi connectivity index (χ1n) is 3.99. The number of benzene rings is 1. The summed E-state index contributed by atoms with van der Waals surface area (Å²) in [6.07, 6.45) is 0. The number of nitrogens with two attached hydrogens (primary N) is 1. The van der Waals surface area contributed by atoms with E-state index in [0.717, 1.165) is 0 Å². The van der Waals surface area contributed by atoms with Crippen molar-refractivity contribution < 1.29 is 4.79 Å². The van der Waals surface area contributed by atoms with Gasteiger partial charge in [-0.1, -0.05) is 0 Å². The highest BCUT2D eigenvalue weighted by Gasteiger charge is 2.09.